The first kappa shape index (κ1) is 28.0. The molecule has 0 spiro atoms. The van der Waals surface area contributed by atoms with Crippen molar-refractivity contribution < 1.29 is 9.90 Å². The van der Waals surface area contributed by atoms with Crippen LogP contribution in [-0.2, 0) is 13.0 Å². The number of piperazine rings is 1. The average Bonchev–Trinajstić information content (AvgIpc) is 3.77. The van der Waals surface area contributed by atoms with E-state index in [1.165, 1.54) is 17.7 Å². The van der Waals surface area contributed by atoms with Gasteiger partial charge in [-0.3, -0.25) is 0 Å². The minimum atomic E-state index is -0.976. The van der Waals surface area contributed by atoms with Gasteiger partial charge in [-0.1, -0.05) is 35.9 Å². The highest BCUT2D eigenvalue weighted by molar-refractivity contribution is 6.36. The van der Waals surface area contributed by atoms with Gasteiger partial charge in [0.15, 0.2) is 0 Å². The molecule has 4 heterocycles. The molecule has 1 atom stereocenters. The molecule has 2 saturated heterocycles. The fourth-order valence-electron chi connectivity index (χ4n) is 7.46. The first-order valence-electron chi connectivity index (χ1n) is 15.1. The Labute approximate surface area is 257 Å². The Morgan fingerprint density at radius 3 is 2.53 bits per heavy atom. The van der Waals surface area contributed by atoms with E-state index in [1.807, 2.05) is 12.1 Å². The maximum absolute atomic E-state index is 11.9. The Bertz CT molecular complexity index is 1610. The molecule has 7 rings (SSSR count). The number of carbonyl (C=O) groups is 1. The van der Waals surface area contributed by atoms with Crippen molar-refractivity contribution in [3.63, 3.8) is 0 Å². The van der Waals surface area contributed by atoms with Gasteiger partial charge in [0.25, 0.3) is 0 Å². The van der Waals surface area contributed by atoms with E-state index in [2.05, 4.69) is 64.0 Å². The monoisotopic (exact) mass is 600 g/mol. The second kappa shape index (κ2) is 10.7. The molecular formula is C32H37ClN8O2. The van der Waals surface area contributed by atoms with Crippen molar-refractivity contribution >= 4 is 45.9 Å². The molecule has 2 aromatic carbocycles. The lowest BCUT2D eigenvalue weighted by molar-refractivity contribution is 0.119. The molecular weight excluding hydrogens is 564 g/mol. The molecule has 0 unspecified atom stereocenters. The van der Waals surface area contributed by atoms with E-state index >= 15 is 0 Å². The van der Waals surface area contributed by atoms with Gasteiger partial charge in [0, 0.05) is 67.4 Å². The Balaban J connectivity index is 1.23. The van der Waals surface area contributed by atoms with E-state index in [-0.39, 0.29) is 6.42 Å². The molecule has 224 valence electrons. The smallest absolute Gasteiger partial charge is 0.407 e. The molecule has 3 fully saturated rings. The van der Waals surface area contributed by atoms with Crippen LogP contribution in [0, 0.1) is 17.2 Å². The van der Waals surface area contributed by atoms with Gasteiger partial charge >= 0.3 is 6.09 Å². The van der Waals surface area contributed by atoms with Crippen molar-refractivity contribution in [3.8, 4) is 6.07 Å². The number of aromatic nitrogens is 2. The fraction of sp³-hybridized carbons (Fsp3) is 0.500. The van der Waals surface area contributed by atoms with Crippen molar-refractivity contribution in [2.24, 2.45) is 5.92 Å². The lowest BCUT2D eigenvalue weighted by Gasteiger charge is -2.47. The summed E-state index contributed by atoms with van der Waals surface area (Å²) in [5.41, 5.74) is 3.53. The third kappa shape index (κ3) is 4.79. The molecule has 3 aromatic rings. The minimum Gasteiger partial charge on any atom is -0.465 e. The van der Waals surface area contributed by atoms with E-state index in [4.69, 9.17) is 21.6 Å². The largest absolute Gasteiger partial charge is 0.465 e. The number of benzene rings is 2. The predicted molar refractivity (Wildman–Crippen MR) is 168 cm³/mol. The zero-order valence-corrected chi connectivity index (χ0v) is 25.5. The van der Waals surface area contributed by atoms with Crippen molar-refractivity contribution in [2.45, 2.75) is 43.8 Å². The van der Waals surface area contributed by atoms with Gasteiger partial charge in [-0.2, -0.15) is 10.2 Å². The summed E-state index contributed by atoms with van der Waals surface area (Å²) in [5, 5.41) is 22.1. The Morgan fingerprint density at radius 2 is 1.84 bits per heavy atom. The number of hydrogen-bond donors (Lipinski definition) is 1. The molecule has 0 bridgehead atoms. The maximum Gasteiger partial charge on any atom is 0.407 e. The molecule has 43 heavy (non-hydrogen) atoms. The number of halogens is 1. The van der Waals surface area contributed by atoms with E-state index in [9.17, 15) is 15.2 Å². The van der Waals surface area contributed by atoms with Crippen molar-refractivity contribution in [1.82, 2.24) is 19.8 Å². The van der Waals surface area contributed by atoms with E-state index in [0.717, 1.165) is 70.6 Å². The van der Waals surface area contributed by atoms with Crippen LogP contribution in [0.15, 0.2) is 36.4 Å². The van der Waals surface area contributed by atoms with Gasteiger partial charge in [0.2, 0.25) is 5.95 Å². The number of hydrogen-bond acceptors (Lipinski definition) is 8. The second-order valence-corrected chi connectivity index (χ2v) is 13.0. The van der Waals surface area contributed by atoms with Crippen LogP contribution in [-0.4, -0.2) is 95.9 Å². The third-order valence-corrected chi connectivity index (χ3v) is 10.5. The van der Waals surface area contributed by atoms with Crippen molar-refractivity contribution in [3.05, 3.63) is 52.7 Å². The van der Waals surface area contributed by atoms with E-state index in [1.54, 1.807) is 0 Å². The molecule has 1 aromatic heterocycles. The van der Waals surface area contributed by atoms with Crippen LogP contribution in [0.5, 0.6) is 0 Å². The van der Waals surface area contributed by atoms with Gasteiger partial charge in [-0.15, -0.1) is 0 Å². The summed E-state index contributed by atoms with van der Waals surface area (Å²) < 4.78 is 0. The number of nitrogens with zero attached hydrogens (tertiary/aromatic N) is 8. The van der Waals surface area contributed by atoms with E-state index < -0.39 is 12.1 Å². The summed E-state index contributed by atoms with van der Waals surface area (Å²) in [6.45, 7) is 4.61. The third-order valence-electron chi connectivity index (χ3n) is 10.1. The van der Waals surface area contributed by atoms with Crippen LogP contribution in [0.2, 0.25) is 5.02 Å². The zero-order valence-electron chi connectivity index (χ0n) is 24.7. The molecule has 1 N–H and O–H groups in total. The molecule has 1 saturated carbocycles. The molecule has 3 aliphatic heterocycles. The Hall–Kier alpha value is -3.81. The number of rotatable bonds is 6. The molecule has 4 aliphatic rings. The fourth-order valence-corrected chi connectivity index (χ4v) is 7.73. The number of nitriles is 1. The summed E-state index contributed by atoms with van der Waals surface area (Å²) in [4.78, 5) is 32.9. The highest BCUT2D eigenvalue weighted by Gasteiger charge is 2.55. The maximum atomic E-state index is 11.9. The first-order chi connectivity index (χ1) is 20.8. The lowest BCUT2D eigenvalue weighted by Crippen LogP contribution is -2.58. The number of anilines is 3. The highest BCUT2D eigenvalue weighted by Crippen LogP contribution is 2.50. The summed E-state index contributed by atoms with van der Waals surface area (Å²) in [6.07, 6.45) is 2.42. The van der Waals surface area contributed by atoms with Crippen LogP contribution in [0.3, 0.4) is 0 Å². The standard InChI is InChI=1S/C32H37ClN8O2/c1-37(2)32(11-12-32)22-17-40(18-22)30-35-26-20-38(27-8-4-6-21-5-3-7-25(33)28(21)27)14-10-24(26)29(36-30)39-15-16-41(31(42)43)23(19-39)9-13-34/h3-8,22-23H,9-12,14-20H2,1-2H3,(H,42,43)/t23-/m0/s1. The normalized spacial score (nSPS) is 21.5. The number of carboxylic acid groups (broad SMARTS) is 1. The number of amides is 1. The number of fused-ring (bicyclic) bond motifs is 2. The quantitative estimate of drug-likeness (QED) is 0.439. The van der Waals surface area contributed by atoms with Crippen LogP contribution >= 0.6 is 11.6 Å². The predicted octanol–water partition coefficient (Wildman–Crippen LogP) is 4.46. The Kier molecular flexibility index (Phi) is 6.98. The SMILES string of the molecule is CN(C)C1(C2CN(c3nc4c(c(N5CCN(C(=O)O)[C@@H](CC#N)C5)n3)CCN(c3cccc5cccc(Cl)c35)C4)C2)CC1. The highest BCUT2D eigenvalue weighted by atomic mass is 35.5. The molecule has 1 aliphatic carbocycles. The Morgan fingerprint density at radius 1 is 1.07 bits per heavy atom. The summed E-state index contributed by atoms with van der Waals surface area (Å²) >= 11 is 6.71. The summed E-state index contributed by atoms with van der Waals surface area (Å²) in [6, 6.07) is 14.1. The van der Waals surface area contributed by atoms with Gasteiger partial charge in [0.1, 0.15) is 5.82 Å². The zero-order chi connectivity index (χ0) is 29.9. The lowest BCUT2D eigenvalue weighted by atomic mass is 9.88. The van der Waals surface area contributed by atoms with E-state index in [0.29, 0.717) is 37.6 Å². The first-order valence-corrected chi connectivity index (χ1v) is 15.5. The van der Waals surface area contributed by atoms with Gasteiger partial charge in [0.05, 0.1) is 35.8 Å². The minimum absolute atomic E-state index is 0.152. The van der Waals surface area contributed by atoms with Gasteiger partial charge in [-0.25, -0.2) is 9.78 Å². The average molecular weight is 601 g/mol. The molecule has 11 heteroatoms. The second-order valence-electron chi connectivity index (χ2n) is 12.6. The van der Waals surface area contributed by atoms with Crippen LogP contribution in [0.25, 0.3) is 10.8 Å². The van der Waals surface area contributed by atoms with Crippen molar-refractivity contribution in [2.75, 3.05) is 68.1 Å². The van der Waals surface area contributed by atoms with Gasteiger partial charge in [-0.05, 0) is 50.9 Å². The summed E-state index contributed by atoms with van der Waals surface area (Å²) in [7, 11) is 4.37. The van der Waals surface area contributed by atoms with Crippen LogP contribution in [0.4, 0.5) is 22.2 Å². The molecule has 1 amide bonds. The van der Waals surface area contributed by atoms with Crippen molar-refractivity contribution in [1.29, 1.82) is 5.26 Å². The van der Waals surface area contributed by atoms with Crippen LogP contribution < -0.4 is 14.7 Å². The molecule has 0 radical (unpaired) electrons. The van der Waals surface area contributed by atoms with Gasteiger partial charge < -0.3 is 29.6 Å². The topological polar surface area (TPSA) is 103 Å². The van der Waals surface area contributed by atoms with Crippen LogP contribution in [0.1, 0.15) is 30.5 Å². The molecule has 10 nitrogen and oxygen atoms in total. The summed E-state index contributed by atoms with van der Waals surface area (Å²) in [5.74, 6) is 2.23.